The third-order valence-electron chi connectivity index (χ3n) is 2.95. The van der Waals surface area contributed by atoms with Gasteiger partial charge in [0.15, 0.2) is 5.52 Å². The molecule has 3 rings (SSSR count). The third kappa shape index (κ3) is 1.41. The first-order chi connectivity index (χ1) is 8.16. The van der Waals surface area contributed by atoms with Crippen LogP contribution in [-0.2, 0) is 0 Å². The van der Waals surface area contributed by atoms with Crippen molar-refractivity contribution in [2.45, 2.75) is 13.8 Å². The van der Waals surface area contributed by atoms with Gasteiger partial charge < -0.3 is 4.98 Å². The van der Waals surface area contributed by atoms with Crippen LogP contribution in [0.4, 0.5) is 0 Å². The number of pyridine rings is 1. The molecule has 0 atom stereocenters. The first-order valence-corrected chi connectivity index (χ1v) is 5.43. The van der Waals surface area contributed by atoms with E-state index in [1.54, 1.807) is 0 Å². The van der Waals surface area contributed by atoms with Crippen molar-refractivity contribution < 1.29 is 0 Å². The quantitative estimate of drug-likeness (QED) is 0.596. The standard InChI is InChI=1S/C13H11N3O/c1-7-8(2)15-12-11(14-7)9-5-3-4-6-10(9)16-13(12)17/h3-6H,1-2H3,(H,16,17). The lowest BCUT2D eigenvalue weighted by molar-refractivity contribution is 1.09. The Hall–Kier alpha value is -2.23. The summed E-state index contributed by atoms with van der Waals surface area (Å²) >= 11 is 0. The predicted molar refractivity (Wildman–Crippen MR) is 67.1 cm³/mol. The number of nitrogens with zero attached hydrogens (tertiary/aromatic N) is 2. The molecule has 0 saturated heterocycles. The number of aryl methyl sites for hydroxylation is 2. The average Bonchev–Trinajstić information content (AvgIpc) is 2.32. The molecular formula is C13H11N3O. The van der Waals surface area contributed by atoms with Crippen molar-refractivity contribution in [3.05, 3.63) is 46.0 Å². The topological polar surface area (TPSA) is 58.6 Å². The number of nitrogens with one attached hydrogen (secondary N) is 1. The van der Waals surface area contributed by atoms with Crippen molar-refractivity contribution in [2.75, 3.05) is 0 Å². The zero-order valence-electron chi connectivity index (χ0n) is 9.61. The van der Waals surface area contributed by atoms with Gasteiger partial charge in [0.1, 0.15) is 5.52 Å². The molecule has 1 aromatic carbocycles. The van der Waals surface area contributed by atoms with Crippen molar-refractivity contribution in [3.63, 3.8) is 0 Å². The molecule has 1 N–H and O–H groups in total. The van der Waals surface area contributed by atoms with Gasteiger partial charge in [-0.25, -0.2) is 9.97 Å². The molecule has 2 heterocycles. The van der Waals surface area contributed by atoms with Gasteiger partial charge in [-0.05, 0) is 19.9 Å². The zero-order valence-corrected chi connectivity index (χ0v) is 9.61. The first-order valence-electron chi connectivity index (χ1n) is 5.43. The fourth-order valence-electron chi connectivity index (χ4n) is 1.93. The highest BCUT2D eigenvalue weighted by atomic mass is 16.1. The lowest BCUT2D eigenvalue weighted by atomic mass is 10.2. The molecule has 0 fully saturated rings. The smallest absolute Gasteiger partial charge is 0.276 e. The number of hydrogen-bond acceptors (Lipinski definition) is 3. The molecule has 0 amide bonds. The SMILES string of the molecule is Cc1nc2c(=O)[nH]c3ccccc3c2nc1C. The lowest BCUT2D eigenvalue weighted by Crippen LogP contribution is -2.10. The molecule has 4 nitrogen and oxygen atoms in total. The van der Waals surface area contributed by atoms with Gasteiger partial charge in [-0.3, -0.25) is 4.79 Å². The summed E-state index contributed by atoms with van der Waals surface area (Å²) in [4.78, 5) is 23.5. The molecule has 0 bridgehead atoms. The van der Waals surface area contributed by atoms with Gasteiger partial charge in [-0.2, -0.15) is 0 Å². The molecule has 0 saturated carbocycles. The molecule has 0 spiro atoms. The van der Waals surface area contributed by atoms with Gasteiger partial charge in [-0.15, -0.1) is 0 Å². The minimum Gasteiger partial charge on any atom is -0.320 e. The van der Waals surface area contributed by atoms with Crippen LogP contribution in [0.15, 0.2) is 29.1 Å². The summed E-state index contributed by atoms with van der Waals surface area (Å²) in [6, 6.07) is 7.62. The number of aromatic amines is 1. The van der Waals surface area contributed by atoms with Crippen molar-refractivity contribution in [2.24, 2.45) is 0 Å². The summed E-state index contributed by atoms with van der Waals surface area (Å²) in [6.45, 7) is 3.76. The number of H-pyrrole nitrogens is 1. The lowest BCUT2D eigenvalue weighted by Gasteiger charge is -2.04. The van der Waals surface area contributed by atoms with Gasteiger partial charge in [0, 0.05) is 5.39 Å². The fourth-order valence-corrected chi connectivity index (χ4v) is 1.93. The van der Waals surface area contributed by atoms with E-state index in [0.29, 0.717) is 11.0 Å². The fraction of sp³-hybridized carbons (Fsp3) is 0.154. The van der Waals surface area contributed by atoms with E-state index in [1.807, 2.05) is 38.1 Å². The second kappa shape index (κ2) is 3.38. The van der Waals surface area contributed by atoms with Crippen LogP contribution in [0.1, 0.15) is 11.4 Å². The summed E-state index contributed by atoms with van der Waals surface area (Å²) in [5, 5.41) is 0.928. The van der Waals surface area contributed by atoms with Gasteiger partial charge in [0.2, 0.25) is 0 Å². The molecule has 4 heteroatoms. The van der Waals surface area contributed by atoms with Crippen LogP contribution in [0.25, 0.3) is 21.9 Å². The van der Waals surface area contributed by atoms with Crippen LogP contribution in [0.5, 0.6) is 0 Å². The van der Waals surface area contributed by atoms with Crippen LogP contribution in [0.3, 0.4) is 0 Å². The van der Waals surface area contributed by atoms with Crippen LogP contribution >= 0.6 is 0 Å². The molecule has 0 radical (unpaired) electrons. The highest BCUT2D eigenvalue weighted by Crippen LogP contribution is 2.18. The summed E-state index contributed by atoms with van der Waals surface area (Å²) in [6.07, 6.45) is 0. The molecule has 0 aliphatic heterocycles. The monoisotopic (exact) mass is 225 g/mol. The number of fused-ring (bicyclic) bond motifs is 3. The van der Waals surface area contributed by atoms with Crippen LogP contribution < -0.4 is 5.56 Å². The minimum atomic E-state index is -0.186. The number of benzene rings is 1. The number of hydrogen-bond donors (Lipinski definition) is 1. The molecule has 0 aliphatic carbocycles. The van der Waals surface area contributed by atoms with E-state index in [1.165, 1.54) is 0 Å². The Balaban J connectivity index is 2.65. The average molecular weight is 225 g/mol. The Morgan fingerprint density at radius 1 is 1.00 bits per heavy atom. The minimum absolute atomic E-state index is 0.186. The summed E-state index contributed by atoms with van der Waals surface area (Å²) in [7, 11) is 0. The maximum absolute atomic E-state index is 11.9. The Morgan fingerprint density at radius 3 is 2.41 bits per heavy atom. The van der Waals surface area contributed by atoms with Gasteiger partial charge >= 0.3 is 0 Å². The van der Waals surface area contributed by atoms with Crippen LogP contribution in [-0.4, -0.2) is 15.0 Å². The van der Waals surface area contributed by atoms with Gasteiger partial charge in [-0.1, -0.05) is 18.2 Å². The van der Waals surface area contributed by atoms with E-state index < -0.39 is 0 Å². The highest BCUT2D eigenvalue weighted by Gasteiger charge is 2.09. The van der Waals surface area contributed by atoms with Crippen molar-refractivity contribution in [1.29, 1.82) is 0 Å². The van der Waals surface area contributed by atoms with Crippen molar-refractivity contribution in [1.82, 2.24) is 15.0 Å². The second-order valence-corrected chi connectivity index (χ2v) is 4.09. The number of rotatable bonds is 0. The predicted octanol–water partition coefficient (Wildman–Crippen LogP) is 2.09. The molecule has 3 aromatic rings. The third-order valence-corrected chi connectivity index (χ3v) is 2.95. The summed E-state index contributed by atoms with van der Waals surface area (Å²) in [5.41, 5.74) is 3.34. The van der Waals surface area contributed by atoms with Crippen molar-refractivity contribution >= 4 is 21.9 Å². The summed E-state index contributed by atoms with van der Waals surface area (Å²) < 4.78 is 0. The van der Waals surface area contributed by atoms with E-state index in [-0.39, 0.29) is 5.56 Å². The van der Waals surface area contributed by atoms with Gasteiger partial charge in [0.05, 0.1) is 16.9 Å². The highest BCUT2D eigenvalue weighted by molar-refractivity contribution is 6.01. The number of para-hydroxylation sites is 1. The van der Waals surface area contributed by atoms with Crippen molar-refractivity contribution in [3.8, 4) is 0 Å². The molecule has 2 aromatic heterocycles. The zero-order chi connectivity index (χ0) is 12.0. The maximum Gasteiger partial charge on any atom is 0.276 e. The Kier molecular flexibility index (Phi) is 1.98. The molecule has 0 unspecified atom stereocenters. The Bertz CT molecular complexity index is 790. The van der Waals surface area contributed by atoms with E-state index in [0.717, 1.165) is 22.3 Å². The van der Waals surface area contributed by atoms with E-state index in [4.69, 9.17) is 0 Å². The number of aromatic nitrogens is 3. The van der Waals surface area contributed by atoms with E-state index in [2.05, 4.69) is 15.0 Å². The molecule has 17 heavy (non-hydrogen) atoms. The largest absolute Gasteiger partial charge is 0.320 e. The van der Waals surface area contributed by atoms with E-state index in [9.17, 15) is 4.79 Å². The Labute approximate surface area is 97.3 Å². The molecule has 0 aliphatic rings. The van der Waals surface area contributed by atoms with Gasteiger partial charge in [0.25, 0.3) is 5.56 Å². The summed E-state index contributed by atoms with van der Waals surface area (Å²) in [5.74, 6) is 0. The molecular weight excluding hydrogens is 214 g/mol. The Morgan fingerprint density at radius 2 is 1.65 bits per heavy atom. The van der Waals surface area contributed by atoms with Crippen LogP contribution in [0, 0.1) is 13.8 Å². The first kappa shape index (κ1) is 9.96. The normalized spacial score (nSPS) is 11.2. The molecule has 84 valence electrons. The van der Waals surface area contributed by atoms with E-state index >= 15 is 0 Å². The van der Waals surface area contributed by atoms with Crippen LogP contribution in [0.2, 0.25) is 0 Å². The second-order valence-electron chi connectivity index (χ2n) is 4.09. The maximum atomic E-state index is 11.9.